The maximum Gasteiger partial charge on any atom is 0.279 e. The van der Waals surface area contributed by atoms with Crippen molar-refractivity contribution in [2.24, 2.45) is 5.10 Å². The van der Waals surface area contributed by atoms with Crippen molar-refractivity contribution in [1.82, 2.24) is 4.41 Å². The molecular formula is C23H21ClN2O4S. The number of hydrazone groups is 1. The minimum atomic E-state index is -3.88. The number of rotatable bonds is 6. The Morgan fingerprint density at radius 2 is 1.61 bits per heavy atom. The van der Waals surface area contributed by atoms with E-state index in [0.717, 1.165) is 11.1 Å². The van der Waals surface area contributed by atoms with Gasteiger partial charge in [0.15, 0.2) is 0 Å². The highest BCUT2D eigenvalue weighted by atomic mass is 35.5. The Labute approximate surface area is 186 Å². The lowest BCUT2D eigenvalue weighted by Gasteiger charge is -2.23. The molecule has 0 aliphatic carbocycles. The molecular weight excluding hydrogens is 436 g/mol. The number of hydrogen-bond acceptors (Lipinski definition) is 5. The van der Waals surface area contributed by atoms with Crippen LogP contribution in [-0.2, 0) is 10.0 Å². The standard InChI is InChI=1S/C23H21ClN2O4S/c1-29-19-12-17(13-20(14-19)30-2)22-15-23(16-7-6-8-18(24)11-16)26(25-22)31(27,28)21-9-4-3-5-10-21/h3-14,23H,15H2,1-2H3/t23-/m0/s1. The molecule has 3 aromatic rings. The number of ether oxygens (including phenoxy) is 2. The fourth-order valence-electron chi connectivity index (χ4n) is 3.52. The van der Waals surface area contributed by atoms with Crippen molar-refractivity contribution in [2.75, 3.05) is 14.2 Å². The van der Waals surface area contributed by atoms with Crippen LogP contribution in [0.2, 0.25) is 5.02 Å². The van der Waals surface area contributed by atoms with Gasteiger partial charge in [0.05, 0.1) is 30.9 Å². The number of methoxy groups -OCH3 is 2. The highest BCUT2D eigenvalue weighted by Gasteiger charge is 2.38. The maximum absolute atomic E-state index is 13.5. The zero-order valence-corrected chi connectivity index (χ0v) is 18.6. The molecule has 160 valence electrons. The average Bonchev–Trinajstić information content (AvgIpc) is 3.26. The van der Waals surface area contributed by atoms with Gasteiger partial charge in [0, 0.05) is 23.1 Å². The highest BCUT2D eigenvalue weighted by Crippen LogP contribution is 2.38. The predicted octanol–water partition coefficient (Wildman–Crippen LogP) is 4.90. The van der Waals surface area contributed by atoms with Crippen LogP contribution in [0.5, 0.6) is 11.5 Å². The summed E-state index contributed by atoms with van der Waals surface area (Å²) in [5.74, 6) is 1.20. The van der Waals surface area contributed by atoms with E-state index >= 15 is 0 Å². The topological polar surface area (TPSA) is 68.2 Å². The molecule has 0 unspecified atom stereocenters. The van der Waals surface area contributed by atoms with Crippen LogP contribution >= 0.6 is 11.6 Å². The predicted molar refractivity (Wildman–Crippen MR) is 120 cm³/mol. The Morgan fingerprint density at radius 3 is 2.23 bits per heavy atom. The second-order valence-electron chi connectivity index (χ2n) is 7.01. The number of hydrogen-bond donors (Lipinski definition) is 0. The van der Waals surface area contributed by atoms with Crippen LogP contribution in [0.3, 0.4) is 0 Å². The summed E-state index contributed by atoms with van der Waals surface area (Å²) in [4.78, 5) is 0.176. The summed E-state index contributed by atoms with van der Waals surface area (Å²) < 4.78 is 38.8. The normalized spacial score (nSPS) is 16.2. The van der Waals surface area contributed by atoms with Crippen LogP contribution in [0, 0.1) is 0 Å². The number of nitrogens with zero attached hydrogens (tertiary/aromatic N) is 2. The monoisotopic (exact) mass is 456 g/mol. The third-order valence-corrected chi connectivity index (χ3v) is 7.01. The molecule has 4 rings (SSSR count). The minimum absolute atomic E-state index is 0.176. The molecule has 6 nitrogen and oxygen atoms in total. The van der Waals surface area contributed by atoms with Gasteiger partial charge in [-0.15, -0.1) is 0 Å². The van der Waals surface area contributed by atoms with Gasteiger partial charge in [0.1, 0.15) is 11.5 Å². The first-order valence-corrected chi connectivity index (χ1v) is 11.4. The second kappa shape index (κ2) is 8.61. The van der Waals surface area contributed by atoms with Crippen molar-refractivity contribution in [2.45, 2.75) is 17.4 Å². The average molecular weight is 457 g/mol. The van der Waals surface area contributed by atoms with Crippen LogP contribution in [-0.4, -0.2) is 32.8 Å². The van der Waals surface area contributed by atoms with Crippen molar-refractivity contribution < 1.29 is 17.9 Å². The Morgan fingerprint density at radius 1 is 0.935 bits per heavy atom. The zero-order valence-electron chi connectivity index (χ0n) is 17.0. The van der Waals surface area contributed by atoms with Gasteiger partial charge in [0.25, 0.3) is 10.0 Å². The number of sulfonamides is 1. The molecule has 1 aliphatic rings. The molecule has 0 amide bonds. The van der Waals surface area contributed by atoms with E-state index in [-0.39, 0.29) is 4.90 Å². The molecule has 0 spiro atoms. The second-order valence-corrected chi connectivity index (χ2v) is 9.25. The Bertz CT molecular complexity index is 1210. The lowest BCUT2D eigenvalue weighted by molar-refractivity contribution is 0.371. The molecule has 0 saturated carbocycles. The van der Waals surface area contributed by atoms with Crippen molar-refractivity contribution >= 4 is 27.3 Å². The lowest BCUT2D eigenvalue weighted by atomic mass is 9.99. The van der Waals surface area contributed by atoms with E-state index in [4.69, 9.17) is 21.1 Å². The summed E-state index contributed by atoms with van der Waals surface area (Å²) in [5.41, 5.74) is 2.11. The van der Waals surface area contributed by atoms with Crippen LogP contribution in [0.15, 0.2) is 82.8 Å². The molecule has 0 aromatic heterocycles. The summed E-state index contributed by atoms with van der Waals surface area (Å²) in [6, 6.07) is 20.3. The summed E-state index contributed by atoms with van der Waals surface area (Å²) in [7, 11) is -0.750. The van der Waals surface area contributed by atoms with Crippen LogP contribution < -0.4 is 9.47 Å². The fraction of sp³-hybridized carbons (Fsp3) is 0.174. The highest BCUT2D eigenvalue weighted by molar-refractivity contribution is 7.89. The SMILES string of the molecule is COc1cc(OC)cc(C2=NN(S(=O)(=O)c3ccccc3)[C@H](c3cccc(Cl)c3)C2)c1. The van der Waals surface area contributed by atoms with Gasteiger partial charge in [0.2, 0.25) is 0 Å². The molecule has 1 heterocycles. The van der Waals surface area contributed by atoms with E-state index in [1.165, 1.54) is 4.41 Å². The summed E-state index contributed by atoms with van der Waals surface area (Å²) in [6.07, 6.45) is 0.378. The van der Waals surface area contributed by atoms with E-state index in [1.807, 2.05) is 18.2 Å². The van der Waals surface area contributed by atoms with Crippen molar-refractivity contribution in [3.05, 3.63) is 88.9 Å². The van der Waals surface area contributed by atoms with E-state index in [1.54, 1.807) is 68.8 Å². The van der Waals surface area contributed by atoms with Crippen LogP contribution in [0.25, 0.3) is 0 Å². The largest absolute Gasteiger partial charge is 0.497 e. The molecule has 0 bridgehead atoms. The molecule has 0 radical (unpaired) electrons. The first-order valence-electron chi connectivity index (χ1n) is 9.58. The maximum atomic E-state index is 13.5. The van der Waals surface area contributed by atoms with Crippen molar-refractivity contribution in [3.8, 4) is 11.5 Å². The van der Waals surface area contributed by atoms with E-state index in [2.05, 4.69) is 5.10 Å². The summed E-state index contributed by atoms with van der Waals surface area (Å²) in [6.45, 7) is 0. The smallest absolute Gasteiger partial charge is 0.279 e. The third kappa shape index (κ3) is 4.24. The Hall–Kier alpha value is -3.03. The zero-order chi connectivity index (χ0) is 22.0. The Balaban J connectivity index is 1.83. The molecule has 1 atom stereocenters. The van der Waals surface area contributed by atoms with Gasteiger partial charge in [-0.1, -0.05) is 41.9 Å². The van der Waals surface area contributed by atoms with Gasteiger partial charge < -0.3 is 9.47 Å². The van der Waals surface area contributed by atoms with Gasteiger partial charge in [-0.05, 0) is 42.0 Å². The van der Waals surface area contributed by atoms with Crippen molar-refractivity contribution in [1.29, 1.82) is 0 Å². The molecule has 0 saturated heterocycles. The Kier molecular flexibility index (Phi) is 5.89. The first-order chi connectivity index (χ1) is 14.9. The van der Waals surface area contributed by atoms with Crippen molar-refractivity contribution in [3.63, 3.8) is 0 Å². The summed E-state index contributed by atoms with van der Waals surface area (Å²) in [5, 5.41) is 5.09. The van der Waals surface area contributed by atoms with Gasteiger partial charge >= 0.3 is 0 Å². The number of benzene rings is 3. The molecule has 31 heavy (non-hydrogen) atoms. The van der Waals surface area contributed by atoms with Gasteiger partial charge in [-0.25, -0.2) is 0 Å². The van der Waals surface area contributed by atoms with E-state index in [0.29, 0.717) is 28.7 Å². The van der Waals surface area contributed by atoms with Crippen LogP contribution in [0.4, 0.5) is 0 Å². The first kappa shape index (κ1) is 21.2. The molecule has 0 fully saturated rings. The van der Waals surface area contributed by atoms with E-state index < -0.39 is 16.1 Å². The third-order valence-electron chi connectivity index (χ3n) is 5.08. The summed E-state index contributed by atoms with van der Waals surface area (Å²) >= 11 is 6.20. The quantitative estimate of drug-likeness (QED) is 0.529. The van der Waals surface area contributed by atoms with Gasteiger partial charge in [-0.2, -0.15) is 17.9 Å². The lowest BCUT2D eigenvalue weighted by Crippen LogP contribution is -2.27. The molecule has 0 N–H and O–H groups in total. The van der Waals surface area contributed by atoms with E-state index in [9.17, 15) is 8.42 Å². The fourth-order valence-corrected chi connectivity index (χ4v) is 5.17. The molecule has 8 heteroatoms. The minimum Gasteiger partial charge on any atom is -0.497 e. The number of halogens is 1. The molecule has 3 aromatic carbocycles. The van der Waals surface area contributed by atoms with Crippen LogP contribution in [0.1, 0.15) is 23.6 Å². The molecule has 1 aliphatic heterocycles. The van der Waals surface area contributed by atoms with Gasteiger partial charge in [-0.3, -0.25) is 0 Å².